The molecule has 1 heterocycles. The van der Waals surface area contributed by atoms with E-state index < -0.39 is 11.6 Å². The molecule has 0 radical (unpaired) electrons. The summed E-state index contributed by atoms with van der Waals surface area (Å²) < 4.78 is 0. The fourth-order valence-electron chi connectivity index (χ4n) is 8.39. The van der Waals surface area contributed by atoms with Crippen molar-refractivity contribution in [3.05, 3.63) is 112 Å². The van der Waals surface area contributed by atoms with E-state index in [1.807, 2.05) is 43.3 Å². The Morgan fingerprint density at radius 2 is 0.750 bits per heavy atom. The third-order valence-electron chi connectivity index (χ3n) is 11.9. The lowest BCUT2D eigenvalue weighted by Crippen LogP contribution is -2.25. The molecule has 1 aliphatic heterocycles. The van der Waals surface area contributed by atoms with Crippen LogP contribution in [0.2, 0.25) is 0 Å². The van der Waals surface area contributed by atoms with Gasteiger partial charge in [0.2, 0.25) is 11.6 Å². The van der Waals surface area contributed by atoms with Crippen LogP contribution in [0, 0.1) is 6.92 Å². The van der Waals surface area contributed by atoms with E-state index in [9.17, 15) is 9.59 Å². The first-order chi connectivity index (χ1) is 27.3. The van der Waals surface area contributed by atoms with Crippen molar-refractivity contribution >= 4 is 40.0 Å². The minimum atomic E-state index is -0.469. The van der Waals surface area contributed by atoms with Crippen LogP contribution in [0.3, 0.4) is 0 Å². The van der Waals surface area contributed by atoms with E-state index in [0.29, 0.717) is 11.1 Å². The molecule has 5 rings (SSSR count). The molecule has 0 N–H and O–H groups in total. The molecule has 0 unspecified atom stereocenters. The van der Waals surface area contributed by atoms with Gasteiger partial charge in [-0.3, -0.25) is 9.59 Å². The number of unbranched alkanes of at least 4 members (excludes halogenated alkanes) is 12. The maximum Gasteiger partial charge on any atom is 0.233 e. The number of rotatable bonds is 24. The molecule has 0 saturated heterocycles. The SMILES string of the molecule is CCCCCCc1cc2c(cc1CCCCCC)N(c1ccc(C(=O)C(=O)c3ccc(C)cc3)cc1)c1cc(CCCCCC)c(CCCCCC)cc1N2C. The van der Waals surface area contributed by atoms with Crippen LogP contribution in [0.15, 0.2) is 72.8 Å². The molecule has 0 aromatic heterocycles. The number of Topliss-reactive ketones (excluding diaryl/α,β-unsaturated/α-hetero) is 2. The second-order valence-electron chi connectivity index (χ2n) is 16.4. The van der Waals surface area contributed by atoms with Crippen LogP contribution in [0.5, 0.6) is 0 Å². The number of aryl methyl sites for hydroxylation is 5. The number of hydrogen-bond donors (Lipinski definition) is 0. The van der Waals surface area contributed by atoms with E-state index in [4.69, 9.17) is 0 Å². The quantitative estimate of drug-likeness (QED) is 0.0406. The van der Waals surface area contributed by atoms with Gasteiger partial charge in [-0.25, -0.2) is 0 Å². The Hall–Kier alpha value is -4.18. The summed E-state index contributed by atoms with van der Waals surface area (Å²) in [4.78, 5) is 31.7. The van der Waals surface area contributed by atoms with Crippen molar-refractivity contribution in [1.29, 1.82) is 0 Å². The number of hydrogen-bond acceptors (Lipinski definition) is 4. The molecule has 0 spiro atoms. The van der Waals surface area contributed by atoms with Crippen LogP contribution in [-0.2, 0) is 25.7 Å². The molecule has 0 fully saturated rings. The standard InChI is InChI=1S/C52H70N2O2/c1-7-11-15-19-23-42-35-47-49(37-44(42)25-21-17-13-9-3)54(46-33-31-41(32-34-46)52(56)51(55)40-29-27-39(5)28-30-40)50-38-45(26-22-18-14-10-4)43(24-20-16-12-8-2)36-48(50)53(47)6/h27-38H,7-26H2,1-6H3. The van der Waals surface area contributed by atoms with E-state index in [1.165, 1.54) is 148 Å². The van der Waals surface area contributed by atoms with Gasteiger partial charge in [0.05, 0.1) is 22.7 Å². The Morgan fingerprint density at radius 1 is 0.429 bits per heavy atom. The summed E-state index contributed by atoms with van der Waals surface area (Å²) in [7, 11) is 2.26. The van der Waals surface area contributed by atoms with E-state index in [1.54, 1.807) is 12.1 Å². The second kappa shape index (κ2) is 21.9. The van der Waals surface area contributed by atoms with Gasteiger partial charge in [0.1, 0.15) is 0 Å². The molecular formula is C52H70N2O2. The van der Waals surface area contributed by atoms with Gasteiger partial charge in [-0.15, -0.1) is 0 Å². The van der Waals surface area contributed by atoms with Gasteiger partial charge in [-0.2, -0.15) is 0 Å². The molecule has 0 bridgehead atoms. The topological polar surface area (TPSA) is 40.6 Å². The summed E-state index contributed by atoms with van der Waals surface area (Å²) in [6, 6.07) is 25.1. The summed E-state index contributed by atoms with van der Waals surface area (Å²) in [5.41, 5.74) is 13.7. The first-order valence-corrected chi connectivity index (χ1v) is 22.4. The normalized spacial score (nSPS) is 12.2. The van der Waals surface area contributed by atoms with Gasteiger partial charge in [0.25, 0.3) is 0 Å². The van der Waals surface area contributed by atoms with Gasteiger partial charge in [-0.1, -0.05) is 135 Å². The molecule has 56 heavy (non-hydrogen) atoms. The Morgan fingerprint density at radius 3 is 1.09 bits per heavy atom. The first kappa shape index (κ1) is 43.0. The van der Waals surface area contributed by atoms with Crippen molar-refractivity contribution < 1.29 is 9.59 Å². The summed E-state index contributed by atoms with van der Waals surface area (Å²) >= 11 is 0. The minimum Gasteiger partial charge on any atom is -0.341 e. The van der Waals surface area contributed by atoms with Crippen molar-refractivity contribution in [2.45, 2.75) is 163 Å². The number of benzene rings is 4. The van der Waals surface area contributed by atoms with Crippen LogP contribution in [0.4, 0.5) is 28.4 Å². The van der Waals surface area contributed by atoms with Crippen molar-refractivity contribution in [1.82, 2.24) is 0 Å². The Balaban J connectivity index is 1.61. The summed E-state index contributed by atoms with van der Waals surface area (Å²) in [6.07, 6.45) is 24.4. The molecule has 0 aliphatic carbocycles. The highest BCUT2D eigenvalue weighted by Gasteiger charge is 2.31. The average Bonchev–Trinajstić information content (AvgIpc) is 3.21. The number of fused-ring (bicyclic) bond motifs is 2. The molecule has 0 amide bonds. The third kappa shape index (κ3) is 11.0. The smallest absolute Gasteiger partial charge is 0.233 e. The lowest BCUT2D eigenvalue weighted by atomic mass is 9.91. The highest BCUT2D eigenvalue weighted by Crippen LogP contribution is 2.53. The molecule has 4 aromatic carbocycles. The van der Waals surface area contributed by atoms with Gasteiger partial charge in [0, 0.05) is 23.9 Å². The van der Waals surface area contributed by atoms with Gasteiger partial charge < -0.3 is 9.80 Å². The predicted octanol–water partition coefficient (Wildman–Crippen LogP) is 15.1. The molecule has 1 aliphatic rings. The number of carbonyl (C=O) groups is 2. The van der Waals surface area contributed by atoms with Gasteiger partial charge >= 0.3 is 0 Å². The monoisotopic (exact) mass is 755 g/mol. The maximum atomic E-state index is 13.5. The zero-order chi connectivity index (χ0) is 39.9. The molecule has 300 valence electrons. The van der Waals surface area contributed by atoms with Crippen LogP contribution in [-0.4, -0.2) is 18.6 Å². The fraction of sp³-hybridized carbons (Fsp3) is 0.500. The number of anilines is 5. The summed E-state index contributed by atoms with van der Waals surface area (Å²) in [5.74, 6) is -0.935. The lowest BCUT2D eigenvalue weighted by molar-refractivity contribution is 0.0817. The zero-order valence-electron chi connectivity index (χ0n) is 35.8. The molecule has 0 atom stereocenters. The predicted molar refractivity (Wildman–Crippen MR) is 240 cm³/mol. The largest absolute Gasteiger partial charge is 0.341 e. The fourth-order valence-corrected chi connectivity index (χ4v) is 8.39. The molecule has 0 saturated carbocycles. The Kier molecular flexibility index (Phi) is 16.8. The van der Waals surface area contributed by atoms with E-state index in [2.05, 4.69) is 68.8 Å². The Bertz CT molecular complexity index is 1780. The van der Waals surface area contributed by atoms with Crippen molar-refractivity contribution in [3.63, 3.8) is 0 Å². The second-order valence-corrected chi connectivity index (χ2v) is 16.4. The van der Waals surface area contributed by atoms with Crippen molar-refractivity contribution in [2.75, 3.05) is 16.8 Å². The van der Waals surface area contributed by atoms with Crippen molar-refractivity contribution in [3.8, 4) is 0 Å². The van der Waals surface area contributed by atoms with Crippen molar-refractivity contribution in [2.24, 2.45) is 0 Å². The average molecular weight is 755 g/mol. The summed E-state index contributed by atoms with van der Waals surface area (Å²) in [5, 5.41) is 0. The number of nitrogens with zero attached hydrogens (tertiary/aromatic N) is 2. The van der Waals surface area contributed by atoms with Crippen LogP contribution >= 0.6 is 0 Å². The highest BCUT2D eigenvalue weighted by molar-refractivity contribution is 6.49. The zero-order valence-corrected chi connectivity index (χ0v) is 35.8. The number of carbonyl (C=O) groups excluding carboxylic acids is 2. The maximum absolute atomic E-state index is 13.5. The first-order valence-electron chi connectivity index (χ1n) is 22.4. The van der Waals surface area contributed by atoms with Crippen LogP contribution in [0.1, 0.15) is 179 Å². The van der Waals surface area contributed by atoms with Gasteiger partial charge in [0.15, 0.2) is 0 Å². The van der Waals surface area contributed by atoms with Crippen LogP contribution in [0.25, 0.3) is 0 Å². The van der Waals surface area contributed by atoms with E-state index in [-0.39, 0.29) is 0 Å². The molecule has 4 aromatic rings. The number of ketones is 2. The lowest BCUT2D eigenvalue weighted by Gasteiger charge is -2.40. The van der Waals surface area contributed by atoms with E-state index in [0.717, 1.165) is 36.9 Å². The van der Waals surface area contributed by atoms with E-state index >= 15 is 0 Å². The van der Waals surface area contributed by atoms with Crippen LogP contribution < -0.4 is 9.80 Å². The molecule has 4 heteroatoms. The Labute approximate surface area is 340 Å². The molecular weight excluding hydrogens is 685 g/mol. The highest BCUT2D eigenvalue weighted by atomic mass is 16.2. The molecule has 4 nitrogen and oxygen atoms in total. The summed E-state index contributed by atoms with van der Waals surface area (Å²) in [6.45, 7) is 11.1. The van der Waals surface area contributed by atoms with Gasteiger partial charge in [-0.05, 0) is 129 Å². The minimum absolute atomic E-state index is 0.423. The third-order valence-corrected chi connectivity index (χ3v) is 11.9.